The first kappa shape index (κ1) is 18.5. The summed E-state index contributed by atoms with van der Waals surface area (Å²) in [5.74, 6) is -1.65. The summed E-state index contributed by atoms with van der Waals surface area (Å²) in [5.41, 5.74) is 4.84. The highest BCUT2D eigenvalue weighted by atomic mass is 19.4. The van der Waals surface area contributed by atoms with Crippen molar-refractivity contribution in [1.29, 1.82) is 0 Å². The van der Waals surface area contributed by atoms with Gasteiger partial charge in [0.2, 0.25) is 0 Å². The largest absolute Gasteiger partial charge is 0.417 e. The van der Waals surface area contributed by atoms with Gasteiger partial charge in [-0.25, -0.2) is 0 Å². The Morgan fingerprint density at radius 2 is 1.52 bits per heavy atom. The number of hydrogen-bond acceptors (Lipinski definition) is 4. The van der Waals surface area contributed by atoms with Crippen LogP contribution < -0.4 is 16.6 Å². The molecule has 0 unspecified atom stereocenters. The number of halogens is 3. The third-order valence-corrected chi connectivity index (χ3v) is 4.62. The molecule has 0 aliphatic carbocycles. The summed E-state index contributed by atoms with van der Waals surface area (Å²) >= 11 is 0. The summed E-state index contributed by atoms with van der Waals surface area (Å²) in [6.07, 6.45) is -4.52. The van der Waals surface area contributed by atoms with E-state index in [1.807, 2.05) is 0 Å². The van der Waals surface area contributed by atoms with Crippen LogP contribution in [0.15, 0.2) is 59.4 Å². The highest BCUT2D eigenvalue weighted by Gasteiger charge is 2.34. The number of carbonyl (C=O) groups is 2. The monoisotopic (exact) mass is 399 g/mol. The van der Waals surface area contributed by atoms with Gasteiger partial charge in [-0.05, 0) is 29.3 Å². The van der Waals surface area contributed by atoms with Crippen molar-refractivity contribution in [3.05, 3.63) is 81.6 Å². The molecule has 0 saturated carbocycles. The maximum atomic E-state index is 13.3. The number of imide groups is 1. The third kappa shape index (κ3) is 2.96. The summed E-state index contributed by atoms with van der Waals surface area (Å²) in [4.78, 5) is 36.1. The Hall–Kier alpha value is -3.88. The number of nitrogens with zero attached hydrogens (tertiary/aromatic N) is 1. The van der Waals surface area contributed by atoms with Gasteiger partial charge < -0.3 is 5.73 Å². The Morgan fingerprint density at radius 1 is 0.862 bits per heavy atom. The van der Waals surface area contributed by atoms with E-state index in [9.17, 15) is 27.6 Å². The molecule has 29 heavy (non-hydrogen) atoms. The van der Waals surface area contributed by atoms with Crippen LogP contribution in [0.3, 0.4) is 0 Å². The molecule has 3 aromatic rings. The number of rotatable bonds is 2. The predicted molar refractivity (Wildman–Crippen MR) is 98.7 cm³/mol. The lowest BCUT2D eigenvalue weighted by Gasteiger charge is -2.15. The summed E-state index contributed by atoms with van der Waals surface area (Å²) in [6.45, 7) is 0. The topological polar surface area (TPSA) is 94.2 Å². The molecule has 4 rings (SSSR count). The first-order valence-electron chi connectivity index (χ1n) is 8.36. The van der Waals surface area contributed by atoms with E-state index in [0.717, 1.165) is 16.7 Å². The molecule has 0 bridgehead atoms. The fourth-order valence-corrected chi connectivity index (χ4v) is 3.32. The molecule has 1 aromatic heterocycles. The van der Waals surface area contributed by atoms with Crippen molar-refractivity contribution >= 4 is 17.6 Å². The molecular formula is C20H12F3N3O3. The second-order valence-electron chi connectivity index (χ2n) is 6.37. The van der Waals surface area contributed by atoms with Crippen LogP contribution in [0.4, 0.5) is 19.0 Å². The van der Waals surface area contributed by atoms with E-state index >= 15 is 0 Å². The second kappa shape index (κ2) is 6.33. The average molecular weight is 399 g/mol. The van der Waals surface area contributed by atoms with Gasteiger partial charge in [-0.3, -0.25) is 24.3 Å². The van der Waals surface area contributed by atoms with Crippen molar-refractivity contribution in [2.24, 2.45) is 0 Å². The normalized spacial score (nSPS) is 13.3. The van der Waals surface area contributed by atoms with Crippen molar-refractivity contribution in [1.82, 2.24) is 9.88 Å². The summed E-state index contributed by atoms with van der Waals surface area (Å²) in [6, 6.07) is 11.8. The molecule has 146 valence electrons. The predicted octanol–water partition coefficient (Wildman–Crippen LogP) is 2.99. The molecule has 1 aliphatic rings. The third-order valence-electron chi connectivity index (χ3n) is 4.62. The molecule has 2 aromatic carbocycles. The zero-order valence-corrected chi connectivity index (χ0v) is 14.6. The number of nitrogen functional groups attached to an aromatic ring is 1. The standard InChI is InChI=1S/C20H12F3N3O3/c21-20(22,23)14-4-2-1-3-12(14)10-5-7-11(8-6-10)26-15(27)9-13-16(17(26)24)19(29)25-18(13)28/h1-9H,24H2,(H,25,28,29). The van der Waals surface area contributed by atoms with E-state index in [4.69, 9.17) is 5.73 Å². The maximum Gasteiger partial charge on any atom is 0.417 e. The maximum absolute atomic E-state index is 13.3. The lowest BCUT2D eigenvalue weighted by molar-refractivity contribution is -0.137. The minimum absolute atomic E-state index is 0.00852. The number of aromatic nitrogens is 1. The molecule has 0 spiro atoms. The first-order chi connectivity index (χ1) is 13.7. The van der Waals surface area contributed by atoms with Crippen LogP contribution >= 0.6 is 0 Å². The van der Waals surface area contributed by atoms with Crippen LogP contribution in [0, 0.1) is 0 Å². The van der Waals surface area contributed by atoms with Crippen LogP contribution in [0.1, 0.15) is 26.3 Å². The van der Waals surface area contributed by atoms with Gasteiger partial charge in [0.25, 0.3) is 17.4 Å². The van der Waals surface area contributed by atoms with Gasteiger partial charge in [0, 0.05) is 6.07 Å². The lowest BCUT2D eigenvalue weighted by Crippen LogP contribution is -2.24. The fourth-order valence-electron chi connectivity index (χ4n) is 3.32. The summed E-state index contributed by atoms with van der Waals surface area (Å²) < 4.78 is 40.8. The van der Waals surface area contributed by atoms with Crippen molar-refractivity contribution in [2.75, 3.05) is 5.73 Å². The minimum atomic E-state index is -4.52. The molecule has 0 radical (unpaired) electrons. The number of pyridine rings is 1. The van der Waals surface area contributed by atoms with Gasteiger partial charge in [-0.1, -0.05) is 30.3 Å². The van der Waals surface area contributed by atoms with Crippen LogP contribution in [0.25, 0.3) is 16.8 Å². The first-order valence-corrected chi connectivity index (χ1v) is 8.36. The highest BCUT2D eigenvalue weighted by Crippen LogP contribution is 2.37. The number of anilines is 1. The lowest BCUT2D eigenvalue weighted by atomic mass is 9.99. The molecule has 0 saturated heterocycles. The molecule has 3 N–H and O–H groups in total. The zero-order chi connectivity index (χ0) is 20.9. The van der Waals surface area contributed by atoms with E-state index in [0.29, 0.717) is 5.56 Å². The van der Waals surface area contributed by atoms with Gasteiger partial charge in [0.1, 0.15) is 5.82 Å². The van der Waals surface area contributed by atoms with Crippen LogP contribution in [0.2, 0.25) is 0 Å². The number of nitrogens with two attached hydrogens (primary N) is 1. The molecule has 0 atom stereocenters. The molecule has 0 fully saturated rings. The number of alkyl halides is 3. The average Bonchev–Trinajstić information content (AvgIpc) is 2.95. The van der Waals surface area contributed by atoms with Crippen LogP contribution in [0.5, 0.6) is 0 Å². The highest BCUT2D eigenvalue weighted by molar-refractivity contribution is 6.23. The van der Waals surface area contributed by atoms with Gasteiger partial charge in [0.05, 0.1) is 22.4 Å². The van der Waals surface area contributed by atoms with Gasteiger partial charge in [-0.15, -0.1) is 0 Å². The number of hydrogen-bond donors (Lipinski definition) is 2. The SMILES string of the molecule is Nc1c2c(cc(=O)n1-c1ccc(-c3ccccc3C(F)(F)F)cc1)C(=O)NC2=O. The molecule has 6 nitrogen and oxygen atoms in total. The number of amides is 2. The van der Waals surface area contributed by atoms with E-state index in [-0.39, 0.29) is 28.2 Å². The number of carbonyl (C=O) groups excluding carboxylic acids is 2. The molecule has 2 amide bonds. The van der Waals surface area contributed by atoms with Gasteiger partial charge in [-0.2, -0.15) is 13.2 Å². The summed E-state index contributed by atoms with van der Waals surface area (Å²) in [5, 5.41) is 2.06. The van der Waals surface area contributed by atoms with E-state index in [1.165, 1.54) is 42.5 Å². The number of nitrogens with one attached hydrogen (secondary N) is 1. The Bertz CT molecular complexity index is 1230. The minimum Gasteiger partial charge on any atom is -0.384 e. The van der Waals surface area contributed by atoms with Gasteiger partial charge >= 0.3 is 6.18 Å². The zero-order valence-electron chi connectivity index (χ0n) is 14.6. The smallest absolute Gasteiger partial charge is 0.384 e. The number of benzene rings is 2. The Balaban J connectivity index is 1.82. The van der Waals surface area contributed by atoms with Gasteiger partial charge in [0.15, 0.2) is 0 Å². The van der Waals surface area contributed by atoms with Crippen molar-refractivity contribution in [3.8, 4) is 16.8 Å². The van der Waals surface area contributed by atoms with Crippen LogP contribution in [-0.4, -0.2) is 16.4 Å². The van der Waals surface area contributed by atoms with E-state index in [1.54, 1.807) is 0 Å². The van der Waals surface area contributed by atoms with E-state index < -0.39 is 29.1 Å². The quantitative estimate of drug-likeness (QED) is 0.648. The fraction of sp³-hybridized carbons (Fsp3) is 0.0500. The molecule has 9 heteroatoms. The molecule has 1 aliphatic heterocycles. The second-order valence-corrected chi connectivity index (χ2v) is 6.37. The van der Waals surface area contributed by atoms with Crippen molar-refractivity contribution < 1.29 is 22.8 Å². The van der Waals surface area contributed by atoms with Crippen molar-refractivity contribution in [3.63, 3.8) is 0 Å². The molecular weight excluding hydrogens is 387 g/mol. The van der Waals surface area contributed by atoms with E-state index in [2.05, 4.69) is 5.32 Å². The number of fused-ring (bicyclic) bond motifs is 1. The Kier molecular flexibility index (Phi) is 4.04. The summed E-state index contributed by atoms with van der Waals surface area (Å²) in [7, 11) is 0. The molecule has 2 heterocycles. The van der Waals surface area contributed by atoms with Crippen molar-refractivity contribution in [2.45, 2.75) is 6.18 Å². The van der Waals surface area contributed by atoms with Crippen LogP contribution in [-0.2, 0) is 6.18 Å². The Morgan fingerprint density at radius 3 is 2.17 bits per heavy atom. The Labute approximate surface area is 161 Å².